The van der Waals surface area contributed by atoms with Crippen LogP contribution >= 0.6 is 0 Å². The fourth-order valence-corrected chi connectivity index (χ4v) is 2.36. The van der Waals surface area contributed by atoms with Gasteiger partial charge in [-0.25, -0.2) is 0 Å². The van der Waals surface area contributed by atoms with Crippen molar-refractivity contribution in [2.75, 3.05) is 5.32 Å². The molecule has 2 heteroatoms. The third-order valence-corrected chi connectivity index (χ3v) is 3.50. The smallest absolute Gasteiger partial charge is 0.231 e. The molecule has 2 aromatic rings. The molecule has 20 heavy (non-hydrogen) atoms. The molecule has 0 bridgehead atoms. The van der Waals surface area contributed by atoms with Crippen LogP contribution in [-0.2, 0) is 4.79 Å². The van der Waals surface area contributed by atoms with Gasteiger partial charge in [-0.05, 0) is 30.5 Å². The van der Waals surface area contributed by atoms with Gasteiger partial charge in [0.15, 0.2) is 0 Å². The number of nitrogens with one attached hydrogen (secondary N) is 1. The molecule has 0 aliphatic carbocycles. The van der Waals surface area contributed by atoms with Gasteiger partial charge < -0.3 is 5.32 Å². The van der Waals surface area contributed by atoms with E-state index in [-0.39, 0.29) is 11.8 Å². The normalized spacial score (nSPS) is 11.9. The van der Waals surface area contributed by atoms with Crippen molar-refractivity contribution in [3.63, 3.8) is 0 Å². The second-order valence-corrected chi connectivity index (χ2v) is 5.06. The number of benzene rings is 2. The number of rotatable bonds is 5. The molecular weight excluding hydrogens is 246 g/mol. The summed E-state index contributed by atoms with van der Waals surface area (Å²) in [5.41, 5.74) is 3.07. The molecule has 0 saturated carbocycles. The Labute approximate surface area is 120 Å². The summed E-state index contributed by atoms with van der Waals surface area (Å²) in [5.74, 6) is -0.00634. The van der Waals surface area contributed by atoms with Crippen molar-refractivity contribution in [1.29, 1.82) is 0 Å². The third-order valence-electron chi connectivity index (χ3n) is 3.50. The van der Waals surface area contributed by atoms with Crippen molar-refractivity contribution in [3.05, 3.63) is 65.7 Å². The van der Waals surface area contributed by atoms with E-state index in [1.165, 1.54) is 0 Å². The van der Waals surface area contributed by atoms with Crippen LogP contribution in [0.3, 0.4) is 0 Å². The molecule has 1 atom stereocenters. The van der Waals surface area contributed by atoms with Crippen LogP contribution in [0.1, 0.15) is 36.8 Å². The number of para-hydroxylation sites is 1. The molecule has 0 spiro atoms. The molecule has 2 aromatic carbocycles. The van der Waals surface area contributed by atoms with Crippen molar-refractivity contribution in [2.45, 2.75) is 32.6 Å². The summed E-state index contributed by atoms with van der Waals surface area (Å²) < 4.78 is 0. The highest BCUT2D eigenvalue weighted by Crippen LogP contribution is 2.24. The topological polar surface area (TPSA) is 29.1 Å². The lowest BCUT2D eigenvalue weighted by molar-refractivity contribution is -0.117. The zero-order valence-electron chi connectivity index (χ0n) is 12.1. The van der Waals surface area contributed by atoms with Crippen molar-refractivity contribution >= 4 is 11.6 Å². The van der Waals surface area contributed by atoms with Gasteiger partial charge in [-0.15, -0.1) is 0 Å². The summed E-state index contributed by atoms with van der Waals surface area (Å²) in [6.45, 7) is 4.12. The van der Waals surface area contributed by atoms with Crippen LogP contribution in [0.4, 0.5) is 5.69 Å². The van der Waals surface area contributed by atoms with Gasteiger partial charge in [0.25, 0.3) is 0 Å². The Morgan fingerprint density at radius 2 is 1.70 bits per heavy atom. The Kier molecular flexibility index (Phi) is 4.94. The van der Waals surface area contributed by atoms with Gasteiger partial charge in [-0.3, -0.25) is 4.79 Å². The van der Waals surface area contributed by atoms with Gasteiger partial charge in [-0.2, -0.15) is 0 Å². The Bertz CT molecular complexity index is 563. The van der Waals surface area contributed by atoms with E-state index >= 15 is 0 Å². The maximum Gasteiger partial charge on any atom is 0.231 e. The van der Waals surface area contributed by atoms with Crippen LogP contribution in [-0.4, -0.2) is 5.91 Å². The summed E-state index contributed by atoms with van der Waals surface area (Å²) >= 11 is 0. The minimum absolute atomic E-state index is 0.0762. The highest BCUT2D eigenvalue weighted by atomic mass is 16.1. The number of carbonyl (C=O) groups excluding carboxylic acids is 1. The monoisotopic (exact) mass is 267 g/mol. The lowest BCUT2D eigenvalue weighted by Crippen LogP contribution is -2.21. The predicted molar refractivity (Wildman–Crippen MR) is 83.9 cm³/mol. The maximum absolute atomic E-state index is 12.5. The minimum atomic E-state index is -0.0826. The fourth-order valence-electron chi connectivity index (χ4n) is 2.36. The summed E-state index contributed by atoms with van der Waals surface area (Å²) in [5, 5.41) is 3.05. The highest BCUT2D eigenvalue weighted by Gasteiger charge is 2.19. The molecule has 1 unspecified atom stereocenters. The molecule has 0 aliphatic heterocycles. The summed E-state index contributed by atoms with van der Waals surface area (Å²) in [6, 6.07) is 17.9. The van der Waals surface area contributed by atoms with E-state index in [1.54, 1.807) is 0 Å². The van der Waals surface area contributed by atoms with Crippen molar-refractivity contribution < 1.29 is 4.79 Å². The van der Waals surface area contributed by atoms with E-state index in [2.05, 4.69) is 12.2 Å². The van der Waals surface area contributed by atoms with Gasteiger partial charge >= 0.3 is 0 Å². The van der Waals surface area contributed by atoms with Gasteiger partial charge in [0.1, 0.15) is 0 Å². The lowest BCUT2D eigenvalue weighted by atomic mass is 9.93. The van der Waals surface area contributed by atoms with Gasteiger partial charge in [0.2, 0.25) is 5.91 Å². The first kappa shape index (κ1) is 14.3. The van der Waals surface area contributed by atoms with Crippen molar-refractivity contribution in [3.8, 4) is 0 Å². The summed E-state index contributed by atoms with van der Waals surface area (Å²) in [7, 11) is 0. The third kappa shape index (κ3) is 3.47. The van der Waals surface area contributed by atoms with E-state index < -0.39 is 0 Å². The Balaban J connectivity index is 2.18. The Morgan fingerprint density at radius 1 is 1.05 bits per heavy atom. The fraction of sp³-hybridized carbons (Fsp3) is 0.278. The number of aryl methyl sites for hydroxylation is 1. The lowest BCUT2D eigenvalue weighted by Gasteiger charge is -2.17. The SMILES string of the molecule is CCCC(C(=O)Nc1ccccc1C)c1ccccc1. The minimum Gasteiger partial charge on any atom is -0.325 e. The standard InChI is InChI=1S/C18H21NO/c1-3-9-16(15-11-5-4-6-12-15)18(20)19-17-13-8-7-10-14(17)2/h4-8,10-13,16H,3,9H2,1-2H3,(H,19,20). The Hall–Kier alpha value is -2.09. The molecule has 0 radical (unpaired) electrons. The molecular formula is C18H21NO. The zero-order valence-corrected chi connectivity index (χ0v) is 12.1. The average molecular weight is 267 g/mol. The first-order valence-corrected chi connectivity index (χ1v) is 7.13. The molecule has 1 amide bonds. The Morgan fingerprint density at radius 3 is 2.35 bits per heavy atom. The molecule has 0 heterocycles. The van der Waals surface area contributed by atoms with E-state index in [0.717, 1.165) is 29.7 Å². The van der Waals surface area contributed by atoms with Gasteiger partial charge in [0.05, 0.1) is 5.92 Å². The predicted octanol–water partition coefficient (Wildman–Crippen LogP) is 4.52. The van der Waals surface area contributed by atoms with Crippen LogP contribution in [0, 0.1) is 6.92 Å². The number of anilines is 1. The van der Waals surface area contributed by atoms with Crippen LogP contribution < -0.4 is 5.32 Å². The molecule has 0 saturated heterocycles. The summed E-state index contributed by atoms with van der Waals surface area (Å²) in [4.78, 5) is 12.5. The largest absolute Gasteiger partial charge is 0.325 e. The molecule has 0 aliphatic rings. The number of carbonyl (C=O) groups is 1. The number of hydrogen-bond donors (Lipinski definition) is 1. The van der Waals surface area contributed by atoms with Gasteiger partial charge in [-0.1, -0.05) is 61.9 Å². The second-order valence-electron chi connectivity index (χ2n) is 5.06. The first-order chi connectivity index (χ1) is 9.72. The molecule has 104 valence electrons. The zero-order chi connectivity index (χ0) is 14.4. The van der Waals surface area contributed by atoms with Gasteiger partial charge in [0, 0.05) is 5.69 Å². The molecule has 0 fully saturated rings. The first-order valence-electron chi connectivity index (χ1n) is 7.13. The van der Waals surface area contributed by atoms with E-state index in [9.17, 15) is 4.79 Å². The van der Waals surface area contributed by atoms with E-state index in [0.29, 0.717) is 0 Å². The molecule has 0 aromatic heterocycles. The molecule has 1 N–H and O–H groups in total. The van der Waals surface area contributed by atoms with Crippen LogP contribution in [0.2, 0.25) is 0 Å². The van der Waals surface area contributed by atoms with Crippen LogP contribution in [0.15, 0.2) is 54.6 Å². The van der Waals surface area contributed by atoms with Crippen molar-refractivity contribution in [2.24, 2.45) is 0 Å². The summed E-state index contributed by atoms with van der Waals surface area (Å²) in [6.07, 6.45) is 1.85. The number of hydrogen-bond acceptors (Lipinski definition) is 1. The van der Waals surface area contributed by atoms with Crippen molar-refractivity contribution in [1.82, 2.24) is 0 Å². The van der Waals surface area contributed by atoms with E-state index in [1.807, 2.05) is 61.5 Å². The van der Waals surface area contributed by atoms with Crippen LogP contribution in [0.25, 0.3) is 0 Å². The number of amides is 1. The van der Waals surface area contributed by atoms with Crippen LogP contribution in [0.5, 0.6) is 0 Å². The highest BCUT2D eigenvalue weighted by molar-refractivity contribution is 5.96. The average Bonchev–Trinajstić information content (AvgIpc) is 2.48. The maximum atomic E-state index is 12.5. The quantitative estimate of drug-likeness (QED) is 0.848. The second kappa shape index (κ2) is 6.90. The van der Waals surface area contributed by atoms with E-state index in [4.69, 9.17) is 0 Å². The molecule has 2 rings (SSSR count). The molecule has 2 nitrogen and oxygen atoms in total.